The molecular weight excluding hydrogens is 239 g/mol. The Morgan fingerprint density at radius 2 is 2.06 bits per heavy atom. The lowest BCUT2D eigenvalue weighted by molar-refractivity contribution is 0.617. The average Bonchev–Trinajstić information content (AvgIpc) is 2.33. The third-order valence-corrected chi connectivity index (χ3v) is 3.03. The molecule has 0 radical (unpaired) electrons. The number of nitrogens with two attached hydrogens (primary N) is 1. The predicted octanol–water partition coefficient (Wildman–Crippen LogP) is 3.23. The number of hydrogen-bond acceptors (Lipinski definition) is 2. The van der Waals surface area contributed by atoms with E-state index < -0.39 is 6.04 Å². The van der Waals surface area contributed by atoms with Gasteiger partial charge in [0.05, 0.1) is 17.9 Å². The summed E-state index contributed by atoms with van der Waals surface area (Å²) in [4.78, 5) is 3.96. The summed E-state index contributed by atoms with van der Waals surface area (Å²) in [6.07, 6.45) is 1.16. The summed E-state index contributed by atoms with van der Waals surface area (Å²) in [5.41, 5.74) is 8.51. The molecule has 0 amide bonds. The minimum atomic E-state index is -0.395. The molecule has 0 fully saturated rings. The van der Waals surface area contributed by atoms with Gasteiger partial charge in [-0.15, -0.1) is 0 Å². The van der Waals surface area contributed by atoms with Crippen LogP contribution in [-0.2, 0) is 0 Å². The minimum Gasteiger partial charge on any atom is -0.319 e. The Balaban J connectivity index is 2.33. The second-order valence-corrected chi connectivity index (χ2v) is 4.29. The fourth-order valence-corrected chi connectivity index (χ4v) is 1.73. The fourth-order valence-electron chi connectivity index (χ4n) is 1.54. The predicted molar refractivity (Wildman–Crippen MR) is 66.4 cm³/mol. The third-order valence-electron chi connectivity index (χ3n) is 2.62. The molecule has 2 nitrogen and oxygen atoms in total. The first kappa shape index (κ1) is 12.0. The molecule has 1 heterocycles. The lowest BCUT2D eigenvalue weighted by Crippen LogP contribution is -2.13. The molecule has 0 aliphatic rings. The molecule has 0 spiro atoms. The standard InChI is InChI=1S/C13H12ClFN2/c1-8-2-3-9(6-11(8)14)13(16)12-5-4-10(15)7-17-12/h2-7,13H,16H2,1H3. The highest BCUT2D eigenvalue weighted by atomic mass is 35.5. The zero-order valence-corrected chi connectivity index (χ0v) is 10.1. The van der Waals surface area contributed by atoms with Crippen LogP contribution in [-0.4, -0.2) is 4.98 Å². The number of nitrogens with zero attached hydrogens (tertiary/aromatic N) is 1. The lowest BCUT2D eigenvalue weighted by Gasteiger charge is -2.12. The van der Waals surface area contributed by atoms with Crippen molar-refractivity contribution < 1.29 is 4.39 Å². The number of benzene rings is 1. The summed E-state index contributed by atoms with van der Waals surface area (Å²) in [7, 11) is 0. The number of halogens is 2. The van der Waals surface area contributed by atoms with Gasteiger partial charge in [0.2, 0.25) is 0 Å². The molecule has 2 aromatic rings. The molecule has 0 aliphatic carbocycles. The zero-order valence-electron chi connectivity index (χ0n) is 9.32. The Kier molecular flexibility index (Phi) is 3.41. The molecule has 0 aliphatic heterocycles. The number of aryl methyl sites for hydroxylation is 1. The van der Waals surface area contributed by atoms with Crippen LogP contribution in [0.15, 0.2) is 36.5 Å². The van der Waals surface area contributed by atoms with E-state index in [9.17, 15) is 4.39 Å². The maximum Gasteiger partial charge on any atom is 0.141 e. The molecule has 4 heteroatoms. The van der Waals surface area contributed by atoms with E-state index in [-0.39, 0.29) is 5.82 Å². The summed E-state index contributed by atoms with van der Waals surface area (Å²) in [6, 6.07) is 8.14. The second-order valence-electron chi connectivity index (χ2n) is 3.89. The van der Waals surface area contributed by atoms with Crippen LogP contribution in [0.25, 0.3) is 0 Å². The first-order chi connectivity index (χ1) is 8.08. The van der Waals surface area contributed by atoms with Crippen LogP contribution in [0.4, 0.5) is 4.39 Å². The van der Waals surface area contributed by atoms with E-state index in [0.717, 1.165) is 17.3 Å². The van der Waals surface area contributed by atoms with Crippen molar-refractivity contribution in [2.45, 2.75) is 13.0 Å². The van der Waals surface area contributed by atoms with Gasteiger partial charge in [0, 0.05) is 5.02 Å². The highest BCUT2D eigenvalue weighted by Gasteiger charge is 2.11. The van der Waals surface area contributed by atoms with Crippen LogP contribution in [0.5, 0.6) is 0 Å². The normalized spacial score (nSPS) is 12.5. The van der Waals surface area contributed by atoms with Crippen LogP contribution in [0, 0.1) is 12.7 Å². The van der Waals surface area contributed by atoms with Gasteiger partial charge in [0.25, 0.3) is 0 Å². The molecule has 1 aromatic carbocycles. The number of hydrogen-bond donors (Lipinski definition) is 1. The third kappa shape index (κ3) is 2.62. The van der Waals surface area contributed by atoms with Crippen molar-refractivity contribution in [2.75, 3.05) is 0 Å². The van der Waals surface area contributed by atoms with Crippen molar-refractivity contribution in [3.05, 3.63) is 64.2 Å². The molecule has 2 N–H and O–H groups in total. The van der Waals surface area contributed by atoms with E-state index >= 15 is 0 Å². The largest absolute Gasteiger partial charge is 0.319 e. The van der Waals surface area contributed by atoms with Crippen LogP contribution >= 0.6 is 11.6 Å². The summed E-state index contributed by atoms with van der Waals surface area (Å²) in [5.74, 6) is -0.372. The zero-order chi connectivity index (χ0) is 12.4. The highest BCUT2D eigenvalue weighted by molar-refractivity contribution is 6.31. The maximum absolute atomic E-state index is 12.7. The minimum absolute atomic E-state index is 0.372. The number of pyridine rings is 1. The summed E-state index contributed by atoms with van der Waals surface area (Å²) >= 11 is 6.03. The first-order valence-corrected chi connectivity index (χ1v) is 5.59. The van der Waals surface area contributed by atoms with E-state index in [1.54, 1.807) is 6.07 Å². The number of aromatic nitrogens is 1. The first-order valence-electron chi connectivity index (χ1n) is 5.21. The molecule has 1 unspecified atom stereocenters. The Morgan fingerprint density at radius 3 is 2.65 bits per heavy atom. The van der Waals surface area contributed by atoms with E-state index in [0.29, 0.717) is 10.7 Å². The number of rotatable bonds is 2. The van der Waals surface area contributed by atoms with Crippen molar-refractivity contribution >= 4 is 11.6 Å². The van der Waals surface area contributed by atoms with Gasteiger partial charge in [-0.25, -0.2) is 4.39 Å². The SMILES string of the molecule is Cc1ccc(C(N)c2ccc(F)cn2)cc1Cl. The van der Waals surface area contributed by atoms with Crippen LogP contribution < -0.4 is 5.73 Å². The van der Waals surface area contributed by atoms with E-state index in [1.807, 2.05) is 25.1 Å². The molecular formula is C13H12ClFN2. The van der Waals surface area contributed by atoms with Crippen molar-refractivity contribution in [1.82, 2.24) is 4.98 Å². The Bertz CT molecular complexity index is 525. The van der Waals surface area contributed by atoms with Gasteiger partial charge >= 0.3 is 0 Å². The van der Waals surface area contributed by atoms with Crippen molar-refractivity contribution in [3.63, 3.8) is 0 Å². The van der Waals surface area contributed by atoms with Gasteiger partial charge in [0.15, 0.2) is 0 Å². The molecule has 17 heavy (non-hydrogen) atoms. The Labute approximate surface area is 104 Å². The topological polar surface area (TPSA) is 38.9 Å². The Morgan fingerprint density at radius 1 is 1.29 bits per heavy atom. The van der Waals surface area contributed by atoms with Gasteiger partial charge in [0.1, 0.15) is 5.82 Å². The van der Waals surface area contributed by atoms with E-state index in [2.05, 4.69) is 4.98 Å². The van der Waals surface area contributed by atoms with Gasteiger partial charge in [-0.1, -0.05) is 23.7 Å². The van der Waals surface area contributed by atoms with E-state index in [1.165, 1.54) is 6.07 Å². The van der Waals surface area contributed by atoms with Gasteiger partial charge < -0.3 is 5.73 Å². The summed E-state index contributed by atoms with van der Waals surface area (Å²) in [6.45, 7) is 1.92. The van der Waals surface area contributed by atoms with Crippen molar-refractivity contribution in [3.8, 4) is 0 Å². The molecule has 0 saturated heterocycles. The average molecular weight is 251 g/mol. The Hall–Kier alpha value is -1.45. The van der Waals surface area contributed by atoms with Crippen LogP contribution in [0.3, 0.4) is 0 Å². The van der Waals surface area contributed by atoms with Crippen LogP contribution in [0.2, 0.25) is 5.02 Å². The van der Waals surface area contributed by atoms with Crippen molar-refractivity contribution in [2.24, 2.45) is 5.73 Å². The maximum atomic E-state index is 12.7. The summed E-state index contributed by atoms with van der Waals surface area (Å²) < 4.78 is 12.7. The molecule has 0 saturated carbocycles. The van der Waals surface area contributed by atoms with Gasteiger partial charge in [-0.05, 0) is 36.2 Å². The molecule has 1 aromatic heterocycles. The quantitative estimate of drug-likeness (QED) is 0.889. The van der Waals surface area contributed by atoms with Gasteiger partial charge in [-0.3, -0.25) is 4.98 Å². The summed E-state index contributed by atoms with van der Waals surface area (Å²) in [5, 5.41) is 0.667. The smallest absolute Gasteiger partial charge is 0.141 e. The molecule has 0 bridgehead atoms. The fraction of sp³-hybridized carbons (Fsp3) is 0.154. The van der Waals surface area contributed by atoms with Crippen molar-refractivity contribution in [1.29, 1.82) is 0 Å². The van der Waals surface area contributed by atoms with E-state index in [4.69, 9.17) is 17.3 Å². The molecule has 2 rings (SSSR count). The highest BCUT2D eigenvalue weighted by Crippen LogP contribution is 2.23. The monoisotopic (exact) mass is 250 g/mol. The van der Waals surface area contributed by atoms with Gasteiger partial charge in [-0.2, -0.15) is 0 Å². The molecule has 88 valence electrons. The lowest BCUT2D eigenvalue weighted by atomic mass is 10.0. The van der Waals surface area contributed by atoms with Crippen LogP contribution in [0.1, 0.15) is 22.9 Å². The second kappa shape index (κ2) is 4.82. The molecule has 1 atom stereocenters.